The Labute approximate surface area is 48.8 Å². The van der Waals surface area contributed by atoms with E-state index in [0.29, 0.717) is 0 Å². The highest BCUT2D eigenvalue weighted by molar-refractivity contribution is 5.19. The standard InChI is InChI=1S/C6H7NO/c1-3-6(8,4-2)5-7/h1,8H,4H2,2H3. The summed E-state index contributed by atoms with van der Waals surface area (Å²) in [5.41, 5.74) is -1.54. The lowest BCUT2D eigenvalue weighted by atomic mass is 10.1. The predicted octanol–water partition coefficient (Wildman–Crippen LogP) is 0.284. The minimum Gasteiger partial charge on any atom is -0.366 e. The number of nitriles is 1. The summed E-state index contributed by atoms with van der Waals surface area (Å²) >= 11 is 0. The third-order valence-corrected chi connectivity index (χ3v) is 0.935. The molecule has 0 spiro atoms. The van der Waals surface area contributed by atoms with Crippen LogP contribution in [-0.4, -0.2) is 10.7 Å². The molecular weight excluding hydrogens is 102 g/mol. The Bertz CT molecular complexity index is 135. The molecule has 0 bridgehead atoms. The van der Waals surface area contributed by atoms with Crippen molar-refractivity contribution < 1.29 is 5.11 Å². The monoisotopic (exact) mass is 109 g/mol. The predicted molar refractivity (Wildman–Crippen MR) is 29.7 cm³/mol. The topological polar surface area (TPSA) is 44.0 Å². The van der Waals surface area contributed by atoms with Crippen LogP contribution in [0.15, 0.2) is 0 Å². The van der Waals surface area contributed by atoms with Gasteiger partial charge in [-0.2, -0.15) is 5.26 Å². The van der Waals surface area contributed by atoms with E-state index in [4.69, 9.17) is 16.8 Å². The molecule has 0 aromatic heterocycles. The minimum atomic E-state index is -1.54. The Morgan fingerprint density at radius 1 is 1.88 bits per heavy atom. The maximum atomic E-state index is 8.84. The van der Waals surface area contributed by atoms with Gasteiger partial charge in [0.1, 0.15) is 6.07 Å². The fourth-order valence-electron chi connectivity index (χ4n) is 0.213. The van der Waals surface area contributed by atoms with Gasteiger partial charge < -0.3 is 5.11 Å². The summed E-state index contributed by atoms with van der Waals surface area (Å²) in [5, 5.41) is 17.0. The molecule has 42 valence electrons. The molecule has 1 unspecified atom stereocenters. The first-order chi connectivity index (χ1) is 3.68. The molecule has 0 aromatic rings. The first-order valence-electron chi connectivity index (χ1n) is 2.30. The lowest BCUT2D eigenvalue weighted by Gasteiger charge is -2.06. The van der Waals surface area contributed by atoms with E-state index in [1.165, 1.54) is 0 Å². The lowest BCUT2D eigenvalue weighted by molar-refractivity contribution is 0.156. The molecule has 0 saturated heterocycles. The molecule has 0 saturated carbocycles. The zero-order chi connectivity index (χ0) is 6.62. The summed E-state index contributed by atoms with van der Waals surface area (Å²) in [4.78, 5) is 0. The molecule has 1 atom stereocenters. The van der Waals surface area contributed by atoms with Gasteiger partial charge in [0.15, 0.2) is 0 Å². The highest BCUT2D eigenvalue weighted by Gasteiger charge is 2.18. The van der Waals surface area contributed by atoms with Crippen molar-refractivity contribution in [1.82, 2.24) is 0 Å². The SMILES string of the molecule is C#CC(O)(C#N)CC. The fraction of sp³-hybridized carbons (Fsp3) is 0.500. The maximum Gasteiger partial charge on any atom is 0.212 e. The van der Waals surface area contributed by atoms with Crippen molar-refractivity contribution in [3.63, 3.8) is 0 Å². The van der Waals surface area contributed by atoms with E-state index in [9.17, 15) is 0 Å². The molecule has 0 rings (SSSR count). The van der Waals surface area contributed by atoms with Crippen molar-refractivity contribution in [3.8, 4) is 18.4 Å². The first kappa shape index (κ1) is 7.01. The van der Waals surface area contributed by atoms with Crippen LogP contribution in [0.2, 0.25) is 0 Å². The highest BCUT2D eigenvalue weighted by Crippen LogP contribution is 2.04. The van der Waals surface area contributed by atoms with E-state index >= 15 is 0 Å². The Balaban J connectivity index is 4.11. The van der Waals surface area contributed by atoms with Crippen LogP contribution in [0, 0.1) is 23.7 Å². The number of nitrogens with zero attached hydrogens (tertiary/aromatic N) is 1. The van der Waals surface area contributed by atoms with Crippen LogP contribution in [-0.2, 0) is 0 Å². The number of rotatable bonds is 1. The van der Waals surface area contributed by atoms with Gasteiger partial charge in [-0.05, 0) is 6.42 Å². The van der Waals surface area contributed by atoms with Crippen molar-refractivity contribution in [1.29, 1.82) is 5.26 Å². The van der Waals surface area contributed by atoms with E-state index in [1.54, 1.807) is 13.0 Å². The summed E-state index contributed by atoms with van der Waals surface area (Å²) in [7, 11) is 0. The number of terminal acetylenes is 1. The molecule has 0 fully saturated rings. The van der Waals surface area contributed by atoms with Crippen LogP contribution in [0.5, 0.6) is 0 Å². The van der Waals surface area contributed by atoms with Crippen LogP contribution in [0.3, 0.4) is 0 Å². The molecule has 0 aromatic carbocycles. The Hall–Kier alpha value is -0.990. The molecule has 0 aliphatic heterocycles. The summed E-state index contributed by atoms with van der Waals surface area (Å²) in [5.74, 6) is 1.97. The van der Waals surface area contributed by atoms with Crippen molar-refractivity contribution in [2.24, 2.45) is 0 Å². The first-order valence-corrected chi connectivity index (χ1v) is 2.30. The normalized spacial score (nSPS) is 15.5. The third kappa shape index (κ3) is 1.26. The molecule has 0 radical (unpaired) electrons. The van der Waals surface area contributed by atoms with Gasteiger partial charge in [-0.1, -0.05) is 12.8 Å². The molecule has 1 N–H and O–H groups in total. The van der Waals surface area contributed by atoms with E-state index in [1.807, 2.05) is 5.92 Å². The quantitative estimate of drug-likeness (QED) is 0.388. The van der Waals surface area contributed by atoms with Gasteiger partial charge in [0.25, 0.3) is 0 Å². The molecule has 0 heterocycles. The molecule has 8 heavy (non-hydrogen) atoms. The molecule has 2 heteroatoms. The second kappa shape index (κ2) is 2.35. The summed E-state index contributed by atoms with van der Waals surface area (Å²) < 4.78 is 0. The number of aliphatic hydroxyl groups is 1. The van der Waals surface area contributed by atoms with Crippen LogP contribution < -0.4 is 0 Å². The molecule has 2 nitrogen and oxygen atoms in total. The molecule has 0 amide bonds. The van der Waals surface area contributed by atoms with Gasteiger partial charge in [0.05, 0.1) is 0 Å². The van der Waals surface area contributed by atoms with Crippen molar-refractivity contribution in [3.05, 3.63) is 0 Å². The molecular formula is C6H7NO. The minimum absolute atomic E-state index is 0.278. The number of hydrogen-bond donors (Lipinski definition) is 1. The van der Waals surface area contributed by atoms with Gasteiger partial charge in [0.2, 0.25) is 5.60 Å². The second-order valence-corrected chi connectivity index (χ2v) is 1.47. The highest BCUT2D eigenvalue weighted by atomic mass is 16.3. The molecule has 0 aliphatic carbocycles. The van der Waals surface area contributed by atoms with E-state index < -0.39 is 5.60 Å². The van der Waals surface area contributed by atoms with Gasteiger partial charge in [-0.15, -0.1) is 6.42 Å². The van der Waals surface area contributed by atoms with Crippen molar-refractivity contribution in [2.75, 3.05) is 0 Å². The van der Waals surface area contributed by atoms with Crippen molar-refractivity contribution >= 4 is 0 Å². The zero-order valence-corrected chi connectivity index (χ0v) is 4.68. The average molecular weight is 109 g/mol. The van der Waals surface area contributed by atoms with Gasteiger partial charge in [-0.25, -0.2) is 0 Å². The second-order valence-electron chi connectivity index (χ2n) is 1.47. The Kier molecular flexibility index (Phi) is 2.06. The summed E-state index contributed by atoms with van der Waals surface area (Å²) in [6.07, 6.45) is 5.08. The Morgan fingerprint density at radius 2 is 2.38 bits per heavy atom. The van der Waals surface area contributed by atoms with E-state index in [2.05, 4.69) is 0 Å². The zero-order valence-electron chi connectivity index (χ0n) is 4.68. The smallest absolute Gasteiger partial charge is 0.212 e. The van der Waals surface area contributed by atoms with E-state index in [0.717, 1.165) is 0 Å². The van der Waals surface area contributed by atoms with Gasteiger partial charge in [-0.3, -0.25) is 0 Å². The number of hydrogen-bond acceptors (Lipinski definition) is 2. The van der Waals surface area contributed by atoms with Gasteiger partial charge in [0, 0.05) is 0 Å². The summed E-state index contributed by atoms with van der Waals surface area (Å²) in [6, 6.07) is 1.60. The maximum absolute atomic E-state index is 8.84. The summed E-state index contributed by atoms with van der Waals surface area (Å²) in [6.45, 7) is 1.66. The van der Waals surface area contributed by atoms with Crippen LogP contribution >= 0.6 is 0 Å². The molecule has 0 aliphatic rings. The van der Waals surface area contributed by atoms with E-state index in [-0.39, 0.29) is 6.42 Å². The fourth-order valence-corrected chi connectivity index (χ4v) is 0.213. The largest absolute Gasteiger partial charge is 0.366 e. The Morgan fingerprint density at radius 3 is 2.38 bits per heavy atom. The van der Waals surface area contributed by atoms with Crippen LogP contribution in [0.1, 0.15) is 13.3 Å². The third-order valence-electron chi connectivity index (χ3n) is 0.935. The lowest BCUT2D eigenvalue weighted by Crippen LogP contribution is -2.21. The van der Waals surface area contributed by atoms with Crippen LogP contribution in [0.25, 0.3) is 0 Å². The van der Waals surface area contributed by atoms with Gasteiger partial charge >= 0.3 is 0 Å². The average Bonchev–Trinajstić information content (AvgIpc) is 1.87. The van der Waals surface area contributed by atoms with Crippen molar-refractivity contribution in [2.45, 2.75) is 18.9 Å². The van der Waals surface area contributed by atoms with Crippen LogP contribution in [0.4, 0.5) is 0 Å².